The van der Waals surface area contributed by atoms with E-state index in [2.05, 4.69) is 24.1 Å². The van der Waals surface area contributed by atoms with Crippen LogP contribution in [0.4, 0.5) is 0 Å². The maximum absolute atomic E-state index is 12.3. The van der Waals surface area contributed by atoms with E-state index in [0.29, 0.717) is 17.6 Å². The Morgan fingerprint density at radius 2 is 2.05 bits per heavy atom. The molecule has 0 spiro atoms. The van der Waals surface area contributed by atoms with Crippen molar-refractivity contribution < 1.29 is 4.79 Å². The molecule has 0 radical (unpaired) electrons. The molecule has 3 rings (SSSR count). The normalized spacial score (nSPS) is 14.4. The van der Waals surface area contributed by atoms with Gasteiger partial charge in [0.15, 0.2) is 0 Å². The minimum Gasteiger partial charge on any atom is -0.347 e. The summed E-state index contributed by atoms with van der Waals surface area (Å²) in [7, 11) is 0. The Morgan fingerprint density at radius 3 is 2.68 bits per heavy atom. The molecule has 0 atom stereocenters. The molecular weight excluding hydrogens is 316 g/mol. The van der Waals surface area contributed by atoms with E-state index < -0.39 is 0 Å². The van der Waals surface area contributed by atoms with E-state index in [1.165, 1.54) is 10.4 Å². The van der Waals surface area contributed by atoms with Crippen molar-refractivity contribution in [2.45, 2.75) is 39.5 Å². The number of thiophene rings is 1. The fourth-order valence-corrected chi connectivity index (χ4v) is 3.78. The number of hydrogen-bond donors (Lipinski definition) is 1. The van der Waals surface area contributed by atoms with E-state index >= 15 is 0 Å². The Balaban J connectivity index is 1.60. The lowest BCUT2D eigenvalue weighted by atomic mass is 10.2. The highest BCUT2D eigenvalue weighted by molar-refractivity contribution is 7.14. The predicted octanol–water partition coefficient (Wildman–Crippen LogP) is 4.06. The predicted molar refractivity (Wildman–Crippen MR) is 91.3 cm³/mol. The van der Waals surface area contributed by atoms with Crippen molar-refractivity contribution in [2.75, 3.05) is 0 Å². The lowest BCUT2D eigenvalue weighted by molar-refractivity contribution is 0.0955. The number of amides is 1. The van der Waals surface area contributed by atoms with Gasteiger partial charge in [-0.2, -0.15) is 0 Å². The van der Waals surface area contributed by atoms with Crippen molar-refractivity contribution in [3.63, 3.8) is 0 Å². The van der Waals surface area contributed by atoms with Crippen molar-refractivity contribution >= 4 is 28.8 Å². The van der Waals surface area contributed by atoms with E-state index in [1.54, 1.807) is 11.3 Å². The molecule has 1 aliphatic heterocycles. The molecular formula is C17H19ClN2OS. The Kier molecular flexibility index (Phi) is 4.52. The molecule has 116 valence electrons. The van der Waals surface area contributed by atoms with Gasteiger partial charge in [0.1, 0.15) is 0 Å². The van der Waals surface area contributed by atoms with Crippen molar-refractivity contribution in [1.29, 1.82) is 0 Å². The molecule has 0 saturated heterocycles. The standard InChI is InChI=1S/C17H19ClN2OS/c1-11(2)20-9-13-7-15(22-16(13)10-20)17(21)19-8-12-3-5-14(18)6-4-12/h3-7,11H,8-10H2,1-2H3,(H,19,21). The van der Waals surface area contributed by atoms with Gasteiger partial charge in [-0.3, -0.25) is 9.69 Å². The number of fused-ring (bicyclic) bond motifs is 1. The first-order chi connectivity index (χ1) is 10.5. The molecule has 1 aromatic carbocycles. The molecule has 3 nitrogen and oxygen atoms in total. The van der Waals surface area contributed by atoms with Crippen LogP contribution < -0.4 is 5.32 Å². The first kappa shape index (κ1) is 15.5. The molecule has 2 heterocycles. The third-order valence-corrected chi connectivity index (χ3v) is 5.35. The van der Waals surface area contributed by atoms with Crippen LogP contribution in [0.15, 0.2) is 30.3 Å². The summed E-state index contributed by atoms with van der Waals surface area (Å²) in [4.78, 5) is 16.8. The monoisotopic (exact) mass is 334 g/mol. The maximum Gasteiger partial charge on any atom is 0.261 e. The summed E-state index contributed by atoms with van der Waals surface area (Å²) in [6, 6.07) is 10.1. The van der Waals surface area contributed by atoms with Crippen LogP contribution in [0.1, 0.15) is 39.5 Å². The molecule has 1 amide bonds. The Hall–Kier alpha value is -1.36. The second kappa shape index (κ2) is 6.41. The number of hydrogen-bond acceptors (Lipinski definition) is 3. The molecule has 0 bridgehead atoms. The summed E-state index contributed by atoms with van der Waals surface area (Å²) in [5, 5.41) is 3.68. The highest BCUT2D eigenvalue weighted by atomic mass is 35.5. The van der Waals surface area contributed by atoms with Gasteiger partial charge in [-0.15, -0.1) is 11.3 Å². The van der Waals surface area contributed by atoms with Gasteiger partial charge in [-0.05, 0) is 43.2 Å². The SMILES string of the molecule is CC(C)N1Cc2cc(C(=O)NCc3ccc(Cl)cc3)sc2C1. The van der Waals surface area contributed by atoms with Crippen molar-refractivity contribution in [3.8, 4) is 0 Å². The van der Waals surface area contributed by atoms with E-state index in [0.717, 1.165) is 23.5 Å². The van der Waals surface area contributed by atoms with Crippen molar-refractivity contribution in [1.82, 2.24) is 10.2 Å². The Morgan fingerprint density at radius 1 is 1.32 bits per heavy atom. The summed E-state index contributed by atoms with van der Waals surface area (Å²) in [6.45, 7) is 6.85. The van der Waals surface area contributed by atoms with Crippen LogP contribution in [0.5, 0.6) is 0 Å². The summed E-state index contributed by atoms with van der Waals surface area (Å²) in [5.41, 5.74) is 2.35. The molecule has 1 aliphatic rings. The summed E-state index contributed by atoms with van der Waals surface area (Å²) < 4.78 is 0. The number of rotatable bonds is 4. The van der Waals surface area contributed by atoms with E-state index in [4.69, 9.17) is 11.6 Å². The average Bonchev–Trinajstić information content (AvgIpc) is 3.05. The number of nitrogens with one attached hydrogen (secondary N) is 1. The molecule has 1 N–H and O–H groups in total. The highest BCUT2D eigenvalue weighted by Gasteiger charge is 2.25. The second-order valence-electron chi connectivity index (χ2n) is 5.87. The quantitative estimate of drug-likeness (QED) is 0.914. The first-order valence-corrected chi connectivity index (χ1v) is 8.60. The third-order valence-electron chi connectivity index (χ3n) is 3.94. The van der Waals surface area contributed by atoms with Crippen LogP contribution in [0, 0.1) is 0 Å². The first-order valence-electron chi connectivity index (χ1n) is 7.41. The smallest absolute Gasteiger partial charge is 0.261 e. The Labute approximate surface area is 139 Å². The number of carbonyl (C=O) groups is 1. The zero-order chi connectivity index (χ0) is 15.7. The average molecular weight is 335 g/mol. The van der Waals surface area contributed by atoms with Gasteiger partial charge in [0.2, 0.25) is 0 Å². The highest BCUT2D eigenvalue weighted by Crippen LogP contribution is 2.32. The number of nitrogens with zero attached hydrogens (tertiary/aromatic N) is 1. The van der Waals surface area contributed by atoms with E-state index in [1.807, 2.05) is 30.3 Å². The number of benzene rings is 1. The van der Waals surface area contributed by atoms with Gasteiger partial charge in [-0.25, -0.2) is 0 Å². The lowest BCUT2D eigenvalue weighted by Gasteiger charge is -2.19. The minimum absolute atomic E-state index is 0.00504. The van der Waals surface area contributed by atoms with E-state index in [-0.39, 0.29) is 5.91 Å². The molecule has 0 unspecified atom stereocenters. The van der Waals surface area contributed by atoms with Gasteiger partial charge in [-0.1, -0.05) is 23.7 Å². The minimum atomic E-state index is 0.00504. The molecule has 2 aromatic rings. The zero-order valence-corrected chi connectivity index (χ0v) is 14.3. The largest absolute Gasteiger partial charge is 0.347 e. The van der Waals surface area contributed by atoms with Gasteiger partial charge < -0.3 is 5.32 Å². The van der Waals surface area contributed by atoms with Crippen LogP contribution in [0.3, 0.4) is 0 Å². The van der Waals surface area contributed by atoms with E-state index in [9.17, 15) is 4.79 Å². The molecule has 0 saturated carbocycles. The van der Waals surface area contributed by atoms with Gasteiger partial charge >= 0.3 is 0 Å². The fourth-order valence-electron chi connectivity index (χ4n) is 2.54. The van der Waals surface area contributed by atoms with Crippen LogP contribution in [0.2, 0.25) is 5.02 Å². The van der Waals surface area contributed by atoms with Crippen LogP contribution in [0.25, 0.3) is 0 Å². The van der Waals surface area contributed by atoms with Crippen LogP contribution in [-0.2, 0) is 19.6 Å². The van der Waals surface area contributed by atoms with Crippen LogP contribution >= 0.6 is 22.9 Å². The zero-order valence-electron chi connectivity index (χ0n) is 12.7. The van der Waals surface area contributed by atoms with Gasteiger partial charge in [0, 0.05) is 35.6 Å². The third kappa shape index (κ3) is 3.35. The van der Waals surface area contributed by atoms with Crippen molar-refractivity contribution in [2.24, 2.45) is 0 Å². The molecule has 0 fully saturated rings. The van der Waals surface area contributed by atoms with Gasteiger partial charge in [0.05, 0.1) is 4.88 Å². The molecule has 5 heteroatoms. The number of halogens is 1. The van der Waals surface area contributed by atoms with Crippen molar-refractivity contribution in [3.05, 3.63) is 56.2 Å². The molecule has 22 heavy (non-hydrogen) atoms. The summed E-state index contributed by atoms with van der Waals surface area (Å²) in [5.74, 6) is 0.00504. The maximum atomic E-state index is 12.3. The molecule has 0 aliphatic carbocycles. The van der Waals surface area contributed by atoms with Crippen LogP contribution in [-0.4, -0.2) is 16.8 Å². The molecule has 1 aromatic heterocycles. The second-order valence-corrected chi connectivity index (χ2v) is 7.44. The summed E-state index contributed by atoms with van der Waals surface area (Å²) >= 11 is 7.47. The Bertz CT molecular complexity index is 655. The fraction of sp³-hybridized carbons (Fsp3) is 0.353. The number of carbonyl (C=O) groups excluding carboxylic acids is 1. The van der Waals surface area contributed by atoms with Gasteiger partial charge in [0.25, 0.3) is 5.91 Å². The topological polar surface area (TPSA) is 32.3 Å². The summed E-state index contributed by atoms with van der Waals surface area (Å²) in [6.07, 6.45) is 0. The lowest BCUT2D eigenvalue weighted by Crippen LogP contribution is -2.25.